The second-order valence-corrected chi connectivity index (χ2v) is 4.85. The number of hydrogen-bond acceptors (Lipinski definition) is 3. The van der Waals surface area contributed by atoms with Crippen molar-refractivity contribution in [2.75, 3.05) is 13.1 Å². The van der Waals surface area contributed by atoms with Crippen molar-refractivity contribution >= 4 is 0 Å². The lowest BCUT2D eigenvalue weighted by Crippen LogP contribution is -2.59. The molecule has 0 radical (unpaired) electrons. The van der Waals surface area contributed by atoms with Crippen LogP contribution >= 0.6 is 0 Å². The van der Waals surface area contributed by atoms with Crippen molar-refractivity contribution in [3.63, 3.8) is 0 Å². The van der Waals surface area contributed by atoms with Crippen molar-refractivity contribution in [3.8, 4) is 0 Å². The van der Waals surface area contributed by atoms with Gasteiger partial charge in [0.05, 0.1) is 0 Å². The van der Waals surface area contributed by atoms with Gasteiger partial charge < -0.3 is 0 Å². The number of hydrogen-bond donors (Lipinski definition) is 2. The van der Waals surface area contributed by atoms with E-state index in [0.717, 1.165) is 25.9 Å². The Morgan fingerprint density at radius 1 is 1.31 bits per heavy atom. The Morgan fingerprint density at radius 2 is 1.81 bits per heavy atom. The number of nitrogens with two attached hydrogens (primary N) is 1. The molecular formula is C13H29N3. The first-order valence-electron chi connectivity index (χ1n) is 6.31. The minimum Gasteiger partial charge on any atom is -0.297 e. The van der Waals surface area contributed by atoms with Crippen LogP contribution in [0.25, 0.3) is 0 Å². The van der Waals surface area contributed by atoms with Crippen molar-refractivity contribution in [3.05, 3.63) is 12.2 Å². The molecule has 0 aromatic heterocycles. The summed E-state index contributed by atoms with van der Waals surface area (Å²) in [7, 11) is 0. The molecule has 0 aromatic carbocycles. The van der Waals surface area contributed by atoms with Crippen LogP contribution in [-0.2, 0) is 0 Å². The molecule has 0 saturated heterocycles. The van der Waals surface area contributed by atoms with Crippen LogP contribution in [0.3, 0.4) is 0 Å². The van der Waals surface area contributed by atoms with Gasteiger partial charge in [0.25, 0.3) is 0 Å². The van der Waals surface area contributed by atoms with Gasteiger partial charge in [-0.3, -0.25) is 16.2 Å². The average molecular weight is 227 g/mol. The van der Waals surface area contributed by atoms with Gasteiger partial charge in [-0.25, -0.2) is 0 Å². The molecule has 0 aliphatic heterocycles. The first-order valence-corrected chi connectivity index (χ1v) is 6.31. The van der Waals surface area contributed by atoms with E-state index in [9.17, 15) is 0 Å². The van der Waals surface area contributed by atoms with Crippen LogP contribution in [0.15, 0.2) is 12.2 Å². The zero-order chi connectivity index (χ0) is 12.8. The van der Waals surface area contributed by atoms with Crippen LogP contribution < -0.4 is 11.3 Å². The Morgan fingerprint density at radius 3 is 2.12 bits per heavy atom. The van der Waals surface area contributed by atoms with Crippen LogP contribution in [0, 0.1) is 0 Å². The van der Waals surface area contributed by atoms with E-state index in [1.807, 2.05) is 0 Å². The van der Waals surface area contributed by atoms with Gasteiger partial charge in [-0.1, -0.05) is 32.9 Å². The zero-order valence-electron chi connectivity index (χ0n) is 11.6. The SMILES string of the molecule is C=C(CC)CC(NN)C(C)(C)N(CC)CC. The molecule has 0 heterocycles. The van der Waals surface area contributed by atoms with Gasteiger partial charge in [-0.2, -0.15) is 0 Å². The second-order valence-electron chi connectivity index (χ2n) is 4.85. The van der Waals surface area contributed by atoms with E-state index >= 15 is 0 Å². The Labute approximate surface area is 101 Å². The maximum absolute atomic E-state index is 5.69. The van der Waals surface area contributed by atoms with E-state index in [2.05, 4.69) is 51.5 Å². The first kappa shape index (κ1) is 15.6. The highest BCUT2D eigenvalue weighted by molar-refractivity contribution is 5.03. The molecule has 3 heteroatoms. The van der Waals surface area contributed by atoms with E-state index in [1.165, 1.54) is 5.57 Å². The van der Waals surface area contributed by atoms with Crippen LogP contribution in [0.4, 0.5) is 0 Å². The standard InChI is InChI=1S/C13H29N3/c1-7-11(4)10-12(15-14)13(5,6)16(8-2)9-3/h12,15H,4,7-10,14H2,1-3,5-6H3. The van der Waals surface area contributed by atoms with Crippen LogP contribution in [0.5, 0.6) is 0 Å². The largest absolute Gasteiger partial charge is 0.297 e. The van der Waals surface area contributed by atoms with Crippen molar-refractivity contribution < 1.29 is 0 Å². The molecule has 0 fully saturated rings. The van der Waals surface area contributed by atoms with Crippen molar-refractivity contribution in [2.45, 2.75) is 59.0 Å². The number of hydrazine groups is 1. The molecule has 16 heavy (non-hydrogen) atoms. The number of nitrogens with zero attached hydrogens (tertiary/aromatic N) is 1. The van der Waals surface area contributed by atoms with Crippen molar-refractivity contribution in [1.82, 2.24) is 10.3 Å². The molecule has 0 spiro atoms. The fraction of sp³-hybridized carbons (Fsp3) is 0.846. The molecule has 1 atom stereocenters. The van der Waals surface area contributed by atoms with Crippen molar-refractivity contribution in [1.29, 1.82) is 0 Å². The molecule has 0 aliphatic rings. The molecule has 0 amide bonds. The van der Waals surface area contributed by atoms with Gasteiger partial charge in [0.1, 0.15) is 0 Å². The fourth-order valence-electron chi connectivity index (χ4n) is 2.20. The molecule has 0 saturated carbocycles. The number of nitrogens with one attached hydrogen (secondary N) is 1. The molecular weight excluding hydrogens is 198 g/mol. The molecule has 96 valence electrons. The highest BCUT2D eigenvalue weighted by atomic mass is 15.3. The normalized spacial score (nSPS) is 14.2. The molecule has 3 N–H and O–H groups in total. The van der Waals surface area contributed by atoms with Crippen molar-refractivity contribution in [2.24, 2.45) is 5.84 Å². The van der Waals surface area contributed by atoms with Gasteiger partial charge in [0.2, 0.25) is 0 Å². The predicted molar refractivity (Wildman–Crippen MR) is 72.2 cm³/mol. The molecule has 3 nitrogen and oxygen atoms in total. The van der Waals surface area contributed by atoms with E-state index in [1.54, 1.807) is 0 Å². The molecule has 0 rings (SSSR count). The summed E-state index contributed by atoms with van der Waals surface area (Å²) in [5.74, 6) is 5.69. The Kier molecular flexibility index (Phi) is 6.88. The van der Waals surface area contributed by atoms with E-state index in [-0.39, 0.29) is 11.6 Å². The molecule has 0 aromatic rings. The van der Waals surface area contributed by atoms with E-state index in [0.29, 0.717) is 0 Å². The third-order valence-corrected chi connectivity index (χ3v) is 3.63. The number of rotatable bonds is 8. The summed E-state index contributed by atoms with van der Waals surface area (Å²) in [6, 6.07) is 0.250. The van der Waals surface area contributed by atoms with Gasteiger partial charge in [0, 0.05) is 11.6 Å². The van der Waals surface area contributed by atoms with Crippen LogP contribution in [0.2, 0.25) is 0 Å². The van der Waals surface area contributed by atoms with Gasteiger partial charge in [-0.15, -0.1) is 0 Å². The van der Waals surface area contributed by atoms with Gasteiger partial charge >= 0.3 is 0 Å². The summed E-state index contributed by atoms with van der Waals surface area (Å²) >= 11 is 0. The lowest BCUT2D eigenvalue weighted by atomic mass is 9.87. The minimum absolute atomic E-state index is 0.0519. The summed E-state index contributed by atoms with van der Waals surface area (Å²) in [5, 5.41) is 0. The monoisotopic (exact) mass is 227 g/mol. The zero-order valence-corrected chi connectivity index (χ0v) is 11.6. The third-order valence-electron chi connectivity index (χ3n) is 3.63. The predicted octanol–water partition coefficient (Wildman–Crippen LogP) is 2.30. The fourth-order valence-corrected chi connectivity index (χ4v) is 2.20. The van der Waals surface area contributed by atoms with Gasteiger partial charge in [0.15, 0.2) is 0 Å². The van der Waals surface area contributed by atoms with Crippen LogP contribution in [-0.4, -0.2) is 29.6 Å². The minimum atomic E-state index is 0.0519. The lowest BCUT2D eigenvalue weighted by Gasteiger charge is -2.43. The van der Waals surface area contributed by atoms with E-state index in [4.69, 9.17) is 5.84 Å². The topological polar surface area (TPSA) is 41.3 Å². The Bertz CT molecular complexity index is 207. The third kappa shape index (κ3) is 3.89. The first-order chi connectivity index (χ1) is 7.43. The molecule has 0 aliphatic carbocycles. The summed E-state index contributed by atoms with van der Waals surface area (Å²) < 4.78 is 0. The quantitative estimate of drug-likeness (QED) is 0.380. The molecule has 1 unspecified atom stereocenters. The van der Waals surface area contributed by atoms with Gasteiger partial charge in [-0.05, 0) is 39.8 Å². The highest BCUT2D eigenvalue weighted by Gasteiger charge is 2.33. The Hall–Kier alpha value is -0.380. The second kappa shape index (κ2) is 7.05. The Balaban J connectivity index is 4.70. The maximum Gasteiger partial charge on any atom is 0.0426 e. The summed E-state index contributed by atoms with van der Waals surface area (Å²) in [6.45, 7) is 17.2. The maximum atomic E-state index is 5.69. The summed E-state index contributed by atoms with van der Waals surface area (Å²) in [5.41, 5.74) is 4.26. The van der Waals surface area contributed by atoms with Crippen LogP contribution in [0.1, 0.15) is 47.5 Å². The lowest BCUT2D eigenvalue weighted by molar-refractivity contribution is 0.0910. The number of likely N-dealkylation sites (N-methyl/N-ethyl adjacent to an activating group) is 1. The molecule has 0 bridgehead atoms. The van der Waals surface area contributed by atoms with E-state index < -0.39 is 0 Å². The smallest absolute Gasteiger partial charge is 0.0426 e. The summed E-state index contributed by atoms with van der Waals surface area (Å²) in [6.07, 6.45) is 1.96. The highest BCUT2D eigenvalue weighted by Crippen LogP contribution is 2.23. The average Bonchev–Trinajstić information content (AvgIpc) is 2.26. The summed E-state index contributed by atoms with van der Waals surface area (Å²) in [4.78, 5) is 2.43.